The lowest BCUT2D eigenvalue weighted by Crippen LogP contribution is -2.38. The molecule has 1 aromatic rings. The average molecular weight is 274 g/mol. The van der Waals surface area contributed by atoms with Crippen molar-refractivity contribution in [2.75, 3.05) is 6.61 Å². The van der Waals surface area contributed by atoms with E-state index < -0.39 is 0 Å². The van der Waals surface area contributed by atoms with Crippen molar-refractivity contribution in [3.05, 3.63) is 35.9 Å². The summed E-state index contributed by atoms with van der Waals surface area (Å²) in [6, 6.07) is 9.78. The second-order valence-corrected chi connectivity index (χ2v) is 7.05. The van der Waals surface area contributed by atoms with Crippen LogP contribution in [0.4, 0.5) is 0 Å². The first-order valence-electron chi connectivity index (χ1n) is 7.55. The number of rotatable bonds is 4. The second-order valence-electron chi connectivity index (χ2n) is 7.05. The normalized spacial score (nSPS) is 28.3. The van der Waals surface area contributed by atoms with E-state index in [2.05, 4.69) is 27.7 Å². The second kappa shape index (κ2) is 5.59. The van der Waals surface area contributed by atoms with Gasteiger partial charge in [0.15, 0.2) is 0 Å². The number of hydrogen-bond donors (Lipinski definition) is 0. The highest BCUT2D eigenvalue weighted by molar-refractivity contribution is 5.72. The van der Waals surface area contributed by atoms with E-state index in [1.807, 2.05) is 30.3 Å². The molecule has 1 saturated carbocycles. The fourth-order valence-corrected chi connectivity index (χ4v) is 3.12. The molecule has 1 aliphatic rings. The maximum absolute atomic E-state index is 12.0. The van der Waals surface area contributed by atoms with Crippen molar-refractivity contribution in [2.24, 2.45) is 16.7 Å². The van der Waals surface area contributed by atoms with Crippen LogP contribution in [0, 0.1) is 16.7 Å². The van der Waals surface area contributed by atoms with Crippen molar-refractivity contribution in [3.63, 3.8) is 0 Å². The van der Waals surface area contributed by atoms with Crippen molar-refractivity contribution in [2.45, 2.75) is 47.0 Å². The Morgan fingerprint density at radius 1 is 1.25 bits per heavy atom. The van der Waals surface area contributed by atoms with Crippen LogP contribution < -0.4 is 0 Å². The van der Waals surface area contributed by atoms with Crippen LogP contribution in [0.3, 0.4) is 0 Å². The van der Waals surface area contributed by atoms with Gasteiger partial charge in [0.2, 0.25) is 0 Å². The molecule has 2 atom stereocenters. The SMILES string of the molecule is C[C@@H]1CC[C@](C)(COC(=O)Cc2ccccc2)C1(C)C. The van der Waals surface area contributed by atoms with E-state index >= 15 is 0 Å². The number of carbonyl (C=O) groups excluding carboxylic acids is 1. The lowest BCUT2D eigenvalue weighted by molar-refractivity contribution is -0.148. The van der Waals surface area contributed by atoms with Crippen LogP contribution in [-0.4, -0.2) is 12.6 Å². The molecule has 20 heavy (non-hydrogen) atoms. The Bertz CT molecular complexity index is 464. The Hall–Kier alpha value is -1.31. The molecule has 0 spiro atoms. The maximum atomic E-state index is 12.0. The Labute approximate surface area is 122 Å². The van der Waals surface area contributed by atoms with Gasteiger partial charge < -0.3 is 4.74 Å². The molecule has 1 aliphatic carbocycles. The molecular formula is C18H26O2. The topological polar surface area (TPSA) is 26.3 Å². The molecule has 0 heterocycles. The van der Waals surface area contributed by atoms with Gasteiger partial charge in [-0.1, -0.05) is 58.0 Å². The lowest BCUT2D eigenvalue weighted by atomic mass is 9.66. The minimum Gasteiger partial charge on any atom is -0.465 e. The van der Waals surface area contributed by atoms with E-state index in [4.69, 9.17) is 4.74 Å². The highest BCUT2D eigenvalue weighted by Gasteiger charge is 2.50. The zero-order chi connectivity index (χ0) is 14.8. The number of benzene rings is 1. The standard InChI is InChI=1S/C18H26O2/c1-14-10-11-18(4,17(14,2)3)13-20-16(19)12-15-8-6-5-7-9-15/h5-9,14H,10-13H2,1-4H3/t14-,18-/m1/s1. The van der Waals surface area contributed by atoms with Crippen LogP contribution in [0.2, 0.25) is 0 Å². The minimum absolute atomic E-state index is 0.0960. The van der Waals surface area contributed by atoms with Crippen LogP contribution in [0.25, 0.3) is 0 Å². The van der Waals surface area contributed by atoms with Crippen LogP contribution in [0.5, 0.6) is 0 Å². The molecular weight excluding hydrogens is 248 g/mol. The first-order chi connectivity index (χ1) is 9.35. The highest BCUT2D eigenvalue weighted by atomic mass is 16.5. The average Bonchev–Trinajstić information content (AvgIpc) is 2.62. The van der Waals surface area contributed by atoms with E-state index in [1.54, 1.807) is 0 Å². The van der Waals surface area contributed by atoms with Crippen molar-refractivity contribution >= 4 is 5.97 Å². The Balaban J connectivity index is 1.91. The zero-order valence-corrected chi connectivity index (χ0v) is 13.1. The first-order valence-corrected chi connectivity index (χ1v) is 7.55. The third-order valence-electron chi connectivity index (χ3n) is 5.66. The van der Waals surface area contributed by atoms with Gasteiger partial charge >= 0.3 is 5.97 Å². The molecule has 0 aromatic heterocycles. The quantitative estimate of drug-likeness (QED) is 0.768. The number of esters is 1. The van der Waals surface area contributed by atoms with Crippen LogP contribution in [0.15, 0.2) is 30.3 Å². The summed E-state index contributed by atoms with van der Waals surface area (Å²) in [6.07, 6.45) is 2.73. The fraction of sp³-hybridized carbons (Fsp3) is 0.611. The first kappa shape index (κ1) is 15.1. The monoisotopic (exact) mass is 274 g/mol. The molecule has 110 valence electrons. The molecule has 2 nitrogen and oxygen atoms in total. The summed E-state index contributed by atoms with van der Waals surface area (Å²) in [7, 11) is 0. The van der Waals surface area contributed by atoms with Gasteiger partial charge in [0, 0.05) is 5.41 Å². The molecule has 1 fully saturated rings. The summed E-state index contributed by atoms with van der Waals surface area (Å²) in [5.74, 6) is 0.563. The van der Waals surface area contributed by atoms with Crippen molar-refractivity contribution in [1.82, 2.24) is 0 Å². The predicted octanol–water partition coefficient (Wildman–Crippen LogP) is 4.23. The largest absolute Gasteiger partial charge is 0.465 e. The summed E-state index contributed by atoms with van der Waals surface area (Å²) in [5.41, 5.74) is 1.33. The molecule has 0 unspecified atom stereocenters. The number of carbonyl (C=O) groups is 1. The van der Waals surface area contributed by atoms with E-state index in [-0.39, 0.29) is 16.8 Å². The molecule has 0 radical (unpaired) electrons. The van der Waals surface area contributed by atoms with Crippen LogP contribution >= 0.6 is 0 Å². The molecule has 0 saturated heterocycles. The van der Waals surface area contributed by atoms with E-state index in [1.165, 1.54) is 6.42 Å². The van der Waals surface area contributed by atoms with Crippen molar-refractivity contribution < 1.29 is 9.53 Å². The predicted molar refractivity (Wildman–Crippen MR) is 81.4 cm³/mol. The van der Waals surface area contributed by atoms with Gasteiger partial charge in [0.05, 0.1) is 13.0 Å². The Kier molecular flexibility index (Phi) is 4.22. The van der Waals surface area contributed by atoms with Gasteiger partial charge in [-0.3, -0.25) is 4.79 Å². The summed E-state index contributed by atoms with van der Waals surface area (Å²) < 4.78 is 5.58. The molecule has 1 aromatic carbocycles. The van der Waals surface area contributed by atoms with E-state index in [0.29, 0.717) is 18.9 Å². The summed E-state index contributed by atoms with van der Waals surface area (Å²) in [6.45, 7) is 9.70. The molecule has 0 aliphatic heterocycles. The van der Waals surface area contributed by atoms with Gasteiger partial charge in [-0.05, 0) is 29.7 Å². The van der Waals surface area contributed by atoms with Crippen LogP contribution in [0.1, 0.15) is 46.1 Å². The number of hydrogen-bond acceptors (Lipinski definition) is 2. The van der Waals surface area contributed by atoms with Gasteiger partial charge in [-0.15, -0.1) is 0 Å². The van der Waals surface area contributed by atoms with Crippen molar-refractivity contribution in [1.29, 1.82) is 0 Å². The minimum atomic E-state index is -0.118. The van der Waals surface area contributed by atoms with Gasteiger partial charge in [0.1, 0.15) is 0 Å². The summed E-state index contributed by atoms with van der Waals surface area (Å²) >= 11 is 0. The number of ether oxygens (including phenoxy) is 1. The lowest BCUT2D eigenvalue weighted by Gasteiger charge is -2.40. The van der Waals surface area contributed by atoms with E-state index in [9.17, 15) is 4.79 Å². The highest BCUT2D eigenvalue weighted by Crippen LogP contribution is 2.55. The Morgan fingerprint density at radius 2 is 1.90 bits per heavy atom. The van der Waals surface area contributed by atoms with Gasteiger partial charge in [0.25, 0.3) is 0 Å². The molecule has 0 N–H and O–H groups in total. The van der Waals surface area contributed by atoms with Gasteiger partial charge in [-0.25, -0.2) is 0 Å². The Morgan fingerprint density at radius 3 is 2.45 bits per heavy atom. The maximum Gasteiger partial charge on any atom is 0.310 e. The third kappa shape index (κ3) is 2.89. The fourth-order valence-electron chi connectivity index (χ4n) is 3.12. The molecule has 2 heteroatoms. The summed E-state index contributed by atoms with van der Waals surface area (Å²) in [4.78, 5) is 12.0. The zero-order valence-electron chi connectivity index (χ0n) is 13.1. The molecule has 0 amide bonds. The smallest absolute Gasteiger partial charge is 0.310 e. The molecule has 2 rings (SSSR count). The summed E-state index contributed by atoms with van der Waals surface area (Å²) in [5, 5.41) is 0. The van der Waals surface area contributed by atoms with Crippen LogP contribution in [-0.2, 0) is 16.0 Å². The van der Waals surface area contributed by atoms with E-state index in [0.717, 1.165) is 12.0 Å². The van der Waals surface area contributed by atoms with Gasteiger partial charge in [-0.2, -0.15) is 0 Å². The van der Waals surface area contributed by atoms with Crippen molar-refractivity contribution in [3.8, 4) is 0 Å². The molecule has 0 bridgehead atoms. The third-order valence-corrected chi connectivity index (χ3v) is 5.66.